The lowest BCUT2D eigenvalue weighted by atomic mass is 9.43. The van der Waals surface area contributed by atoms with Gasteiger partial charge in [0, 0.05) is 5.41 Å². The van der Waals surface area contributed by atoms with Gasteiger partial charge in [-0.05, 0) is 156 Å². The van der Waals surface area contributed by atoms with Gasteiger partial charge in [-0.3, -0.25) is 0 Å². The second-order valence-corrected chi connectivity index (χ2v) is 16.4. The van der Waals surface area contributed by atoms with Crippen LogP contribution in [-0.4, -0.2) is 0 Å². The molecule has 4 bridgehead atoms. The first-order chi connectivity index (χ1) is 25.8. The fraction of sp³-hybridized carbons (Fsp3) is 0.192. The Bertz CT molecular complexity index is 2660. The molecule has 0 nitrogen and oxygen atoms in total. The van der Waals surface area contributed by atoms with E-state index in [1.54, 1.807) is 11.1 Å². The summed E-state index contributed by atoms with van der Waals surface area (Å²) in [6.45, 7) is 0. The van der Waals surface area contributed by atoms with E-state index in [4.69, 9.17) is 0 Å². The number of hydrogen-bond donors (Lipinski definition) is 0. The minimum Gasteiger partial charge on any atom is -0.0622 e. The summed E-state index contributed by atoms with van der Waals surface area (Å²) in [6.07, 6.45) is 7.05. The van der Waals surface area contributed by atoms with Crippen molar-refractivity contribution in [2.45, 2.75) is 37.5 Å². The van der Waals surface area contributed by atoms with Crippen molar-refractivity contribution in [3.05, 3.63) is 169 Å². The molecule has 4 fully saturated rings. The van der Waals surface area contributed by atoms with Crippen molar-refractivity contribution in [2.24, 2.45) is 23.7 Å². The number of benzene rings is 8. The molecule has 5 aliphatic rings. The van der Waals surface area contributed by atoms with Crippen LogP contribution in [0.15, 0.2) is 158 Å². The summed E-state index contributed by atoms with van der Waals surface area (Å²) in [5.74, 6) is 3.30. The van der Waals surface area contributed by atoms with Gasteiger partial charge in [0.05, 0.1) is 0 Å². The van der Waals surface area contributed by atoms with Gasteiger partial charge in [0.25, 0.3) is 0 Å². The molecule has 8 aromatic carbocycles. The Balaban J connectivity index is 1.13. The van der Waals surface area contributed by atoms with Gasteiger partial charge in [-0.15, -0.1) is 0 Å². The predicted octanol–water partition coefficient (Wildman–Crippen LogP) is 13.9. The molecule has 0 N–H and O–H groups in total. The highest BCUT2D eigenvalue weighted by Crippen LogP contribution is 2.70. The molecule has 0 aliphatic heterocycles. The van der Waals surface area contributed by atoms with Crippen LogP contribution in [0.3, 0.4) is 0 Å². The summed E-state index contributed by atoms with van der Waals surface area (Å²) in [6, 6.07) is 60.1. The predicted molar refractivity (Wildman–Crippen MR) is 219 cm³/mol. The Morgan fingerprint density at radius 1 is 0.346 bits per heavy atom. The third-order valence-corrected chi connectivity index (χ3v) is 14.0. The molecule has 5 aliphatic carbocycles. The van der Waals surface area contributed by atoms with Gasteiger partial charge >= 0.3 is 0 Å². The molecule has 1 spiro atoms. The van der Waals surface area contributed by atoms with Gasteiger partial charge in [-0.25, -0.2) is 0 Å². The van der Waals surface area contributed by atoms with E-state index in [-0.39, 0.29) is 5.41 Å². The van der Waals surface area contributed by atoms with Crippen LogP contribution in [0.2, 0.25) is 0 Å². The highest BCUT2D eigenvalue weighted by molar-refractivity contribution is 6.21. The zero-order valence-electron chi connectivity index (χ0n) is 29.4. The topological polar surface area (TPSA) is 0 Å². The van der Waals surface area contributed by atoms with Crippen LogP contribution in [0.25, 0.3) is 76.8 Å². The molecule has 0 heteroatoms. The van der Waals surface area contributed by atoms with Crippen molar-refractivity contribution in [1.82, 2.24) is 0 Å². The third kappa shape index (κ3) is 3.88. The molecule has 248 valence electrons. The molecule has 4 saturated carbocycles. The Kier molecular flexibility index (Phi) is 6.04. The number of hydrogen-bond acceptors (Lipinski definition) is 0. The first-order valence-corrected chi connectivity index (χ1v) is 19.5. The van der Waals surface area contributed by atoms with Crippen molar-refractivity contribution in [3.63, 3.8) is 0 Å². The highest BCUT2D eigenvalue weighted by Gasteiger charge is 2.61. The summed E-state index contributed by atoms with van der Waals surface area (Å²) in [5, 5.41) is 8.10. The fourth-order valence-electron chi connectivity index (χ4n) is 12.4. The molecule has 0 atom stereocenters. The first kappa shape index (κ1) is 29.2. The van der Waals surface area contributed by atoms with E-state index in [0.29, 0.717) is 0 Å². The molecule has 0 amide bonds. The first-order valence-electron chi connectivity index (χ1n) is 19.5. The van der Waals surface area contributed by atoms with Gasteiger partial charge in [-0.2, -0.15) is 0 Å². The lowest BCUT2D eigenvalue weighted by molar-refractivity contribution is -0.0399. The zero-order chi connectivity index (χ0) is 34.0. The van der Waals surface area contributed by atoms with E-state index >= 15 is 0 Å². The van der Waals surface area contributed by atoms with Crippen LogP contribution in [0.1, 0.15) is 43.2 Å². The van der Waals surface area contributed by atoms with E-state index in [1.807, 2.05) is 0 Å². The highest BCUT2D eigenvalue weighted by atomic mass is 14.6. The van der Waals surface area contributed by atoms with Crippen molar-refractivity contribution in [3.8, 4) is 44.5 Å². The van der Waals surface area contributed by atoms with E-state index in [1.165, 1.54) is 109 Å². The van der Waals surface area contributed by atoms with E-state index in [0.717, 1.165) is 23.7 Å². The van der Waals surface area contributed by atoms with E-state index in [2.05, 4.69) is 158 Å². The van der Waals surface area contributed by atoms with Crippen LogP contribution >= 0.6 is 0 Å². The third-order valence-electron chi connectivity index (χ3n) is 14.0. The molecular weight excluding hydrogens is 625 g/mol. The van der Waals surface area contributed by atoms with Crippen LogP contribution < -0.4 is 0 Å². The average Bonchev–Trinajstić information content (AvgIpc) is 3.49. The fourth-order valence-corrected chi connectivity index (χ4v) is 12.4. The summed E-state index contributed by atoms with van der Waals surface area (Å²) in [5.41, 5.74) is 14.2. The standard InChI is InChI=1S/C52H40/c1-2-11-34(12-3-1)36-14-10-15-37(30-36)49-42-17-6-8-19-44(42)50(45-20-9-7-18-43(45)49)38-21-23-46-48(31-38)52(39-26-32-25-33(28-39)29-40(52)27-32)47-24-22-35-13-4-5-16-41(35)51(46)47/h1-24,30-33,39-40H,25-29H2. The summed E-state index contributed by atoms with van der Waals surface area (Å²) in [4.78, 5) is 0. The molecule has 8 aromatic rings. The van der Waals surface area contributed by atoms with Crippen molar-refractivity contribution in [1.29, 1.82) is 0 Å². The molecule has 0 unspecified atom stereocenters. The monoisotopic (exact) mass is 664 g/mol. The lowest BCUT2D eigenvalue weighted by Gasteiger charge is -2.61. The quantitative estimate of drug-likeness (QED) is 0.165. The Labute approximate surface area is 305 Å². The van der Waals surface area contributed by atoms with Gasteiger partial charge in [0.1, 0.15) is 0 Å². The zero-order valence-corrected chi connectivity index (χ0v) is 29.4. The second-order valence-electron chi connectivity index (χ2n) is 16.4. The minimum absolute atomic E-state index is 0.113. The molecule has 52 heavy (non-hydrogen) atoms. The molecule has 13 rings (SSSR count). The Hall–Kier alpha value is -5.46. The normalized spacial score (nSPS) is 23.8. The summed E-state index contributed by atoms with van der Waals surface area (Å²) in [7, 11) is 0. The van der Waals surface area contributed by atoms with E-state index in [9.17, 15) is 0 Å². The molecule has 0 aromatic heterocycles. The van der Waals surface area contributed by atoms with Crippen LogP contribution in [0, 0.1) is 23.7 Å². The Morgan fingerprint density at radius 3 is 1.54 bits per heavy atom. The average molecular weight is 665 g/mol. The van der Waals surface area contributed by atoms with Crippen molar-refractivity contribution in [2.75, 3.05) is 0 Å². The van der Waals surface area contributed by atoms with Gasteiger partial charge in [-0.1, -0.05) is 146 Å². The molecular formula is C52H40. The number of fused-ring (bicyclic) bond motifs is 7. The maximum absolute atomic E-state index is 2.69. The van der Waals surface area contributed by atoms with Gasteiger partial charge < -0.3 is 0 Å². The van der Waals surface area contributed by atoms with Gasteiger partial charge in [0.2, 0.25) is 0 Å². The smallest absolute Gasteiger partial charge is 0.0272 e. The minimum atomic E-state index is 0.113. The van der Waals surface area contributed by atoms with Gasteiger partial charge in [0.15, 0.2) is 0 Å². The Morgan fingerprint density at radius 2 is 0.885 bits per heavy atom. The number of rotatable bonds is 3. The van der Waals surface area contributed by atoms with Crippen LogP contribution in [-0.2, 0) is 5.41 Å². The maximum atomic E-state index is 2.69. The molecule has 0 radical (unpaired) electrons. The van der Waals surface area contributed by atoms with Crippen molar-refractivity contribution >= 4 is 32.3 Å². The maximum Gasteiger partial charge on any atom is 0.0272 e. The molecule has 0 saturated heterocycles. The lowest BCUT2D eigenvalue weighted by Crippen LogP contribution is -2.55. The van der Waals surface area contributed by atoms with E-state index < -0.39 is 0 Å². The SMILES string of the molecule is c1ccc(-c2cccc(-c3c4ccccc4c(-c4ccc5c(c4)C4(c6ccc7ccccc7c6-5)C5CC6CC(C5)CC4C6)c4ccccc34)c2)cc1. The van der Waals surface area contributed by atoms with Crippen molar-refractivity contribution < 1.29 is 0 Å². The summed E-state index contributed by atoms with van der Waals surface area (Å²) < 4.78 is 0. The molecule has 0 heterocycles. The van der Waals surface area contributed by atoms with Crippen LogP contribution in [0.5, 0.6) is 0 Å². The summed E-state index contributed by atoms with van der Waals surface area (Å²) >= 11 is 0. The van der Waals surface area contributed by atoms with Crippen LogP contribution in [0.4, 0.5) is 0 Å². The largest absolute Gasteiger partial charge is 0.0622 e. The second kappa shape index (κ2) is 10.8.